The molecule has 1 aliphatic heterocycles. The summed E-state index contributed by atoms with van der Waals surface area (Å²) in [6.07, 6.45) is 4.47. The van der Waals surface area contributed by atoms with Crippen LogP contribution in [0.15, 0.2) is 46.9 Å². The van der Waals surface area contributed by atoms with Crippen molar-refractivity contribution in [2.75, 3.05) is 44.8 Å². The van der Waals surface area contributed by atoms with Gasteiger partial charge in [-0.3, -0.25) is 4.79 Å². The van der Waals surface area contributed by atoms with E-state index in [1.54, 1.807) is 7.11 Å². The normalized spacial score (nSPS) is 16.3. The fourth-order valence-corrected chi connectivity index (χ4v) is 4.58. The van der Waals surface area contributed by atoms with E-state index in [1.165, 1.54) is 18.4 Å². The molecule has 0 spiro atoms. The number of methoxy groups -OCH3 is 1. The summed E-state index contributed by atoms with van der Waals surface area (Å²) in [7, 11) is 1.67. The first kappa shape index (κ1) is 19.8. The molecule has 6 heteroatoms. The number of carbonyl (C=O) groups excluding carboxylic acids is 1. The van der Waals surface area contributed by atoms with Crippen LogP contribution in [0.5, 0.6) is 11.5 Å². The molecule has 1 aliphatic carbocycles. The molecule has 2 heterocycles. The van der Waals surface area contributed by atoms with E-state index in [0.29, 0.717) is 13.1 Å². The average Bonchev–Trinajstić information content (AvgIpc) is 3.21. The minimum absolute atomic E-state index is 0.0312. The molecule has 1 amide bonds. The number of hydrogen-bond acceptors (Lipinski definition) is 5. The number of ether oxygens (including phenoxy) is 2. The molecule has 1 fully saturated rings. The van der Waals surface area contributed by atoms with E-state index in [-0.39, 0.29) is 12.5 Å². The van der Waals surface area contributed by atoms with Crippen molar-refractivity contribution < 1.29 is 18.7 Å². The van der Waals surface area contributed by atoms with Gasteiger partial charge in [0.15, 0.2) is 6.61 Å². The molecule has 0 atom stereocenters. The van der Waals surface area contributed by atoms with Crippen molar-refractivity contribution in [1.82, 2.24) is 4.90 Å². The summed E-state index contributed by atoms with van der Waals surface area (Å²) in [6, 6.07) is 13.9. The van der Waals surface area contributed by atoms with Crippen LogP contribution in [-0.2, 0) is 17.6 Å². The van der Waals surface area contributed by atoms with Gasteiger partial charge in [-0.05, 0) is 61.7 Å². The van der Waals surface area contributed by atoms with Crippen molar-refractivity contribution in [3.63, 3.8) is 0 Å². The van der Waals surface area contributed by atoms with Crippen molar-refractivity contribution in [3.05, 3.63) is 53.8 Å². The van der Waals surface area contributed by atoms with Gasteiger partial charge in [-0.15, -0.1) is 0 Å². The van der Waals surface area contributed by atoms with Crippen LogP contribution >= 0.6 is 0 Å². The molecule has 0 bridgehead atoms. The van der Waals surface area contributed by atoms with E-state index in [9.17, 15) is 4.79 Å². The summed E-state index contributed by atoms with van der Waals surface area (Å²) < 4.78 is 17.1. The molecular formula is C25H28N2O4. The molecule has 0 unspecified atom stereocenters. The molecule has 3 aromatic rings. The van der Waals surface area contributed by atoms with Gasteiger partial charge in [-0.1, -0.05) is 0 Å². The van der Waals surface area contributed by atoms with Crippen LogP contribution in [0.3, 0.4) is 0 Å². The summed E-state index contributed by atoms with van der Waals surface area (Å²) in [4.78, 5) is 16.9. The van der Waals surface area contributed by atoms with Crippen LogP contribution in [0.4, 0.5) is 5.69 Å². The Hall–Kier alpha value is -3.15. The largest absolute Gasteiger partial charge is 0.497 e. The third-order valence-electron chi connectivity index (χ3n) is 6.36. The van der Waals surface area contributed by atoms with Crippen molar-refractivity contribution in [1.29, 1.82) is 0 Å². The van der Waals surface area contributed by atoms with Gasteiger partial charge >= 0.3 is 0 Å². The molecule has 1 saturated heterocycles. The first-order valence-electron chi connectivity index (χ1n) is 11.0. The topological polar surface area (TPSA) is 55.2 Å². The van der Waals surface area contributed by atoms with E-state index >= 15 is 0 Å². The number of piperazine rings is 1. The quantitative estimate of drug-likeness (QED) is 0.623. The molecule has 31 heavy (non-hydrogen) atoms. The van der Waals surface area contributed by atoms with Crippen LogP contribution in [0.1, 0.15) is 24.2 Å². The molecule has 0 N–H and O–H groups in total. The monoisotopic (exact) mass is 420 g/mol. The van der Waals surface area contributed by atoms with Crippen molar-refractivity contribution >= 4 is 22.6 Å². The number of anilines is 1. The molecule has 5 rings (SSSR count). The van der Waals surface area contributed by atoms with Crippen LogP contribution in [0, 0.1) is 0 Å². The number of rotatable bonds is 5. The third kappa shape index (κ3) is 4.07. The standard InChI is InChI=1S/C25H28N2O4/c1-29-19-8-6-18(7-9-19)26-12-14-27(15-13-26)25(28)17-30-20-10-11-24-22(16-20)21-4-2-3-5-23(21)31-24/h6-11,16H,2-5,12-15,17H2,1H3. The summed E-state index contributed by atoms with van der Waals surface area (Å²) in [5.41, 5.74) is 3.38. The average molecular weight is 421 g/mol. The Balaban J connectivity index is 1.16. The minimum Gasteiger partial charge on any atom is -0.497 e. The Morgan fingerprint density at radius 2 is 1.71 bits per heavy atom. The highest BCUT2D eigenvalue weighted by Gasteiger charge is 2.22. The number of amides is 1. The minimum atomic E-state index is 0.0312. The molecule has 162 valence electrons. The fourth-order valence-electron chi connectivity index (χ4n) is 4.58. The Kier molecular flexibility index (Phi) is 5.45. The first-order chi connectivity index (χ1) is 15.2. The zero-order chi connectivity index (χ0) is 21.2. The van der Waals surface area contributed by atoms with E-state index in [4.69, 9.17) is 13.9 Å². The second kappa shape index (κ2) is 8.53. The summed E-state index contributed by atoms with van der Waals surface area (Å²) >= 11 is 0. The van der Waals surface area contributed by atoms with E-state index < -0.39 is 0 Å². The van der Waals surface area contributed by atoms with Gasteiger partial charge in [0.1, 0.15) is 22.8 Å². The summed E-state index contributed by atoms with van der Waals surface area (Å²) in [5, 5.41) is 1.13. The van der Waals surface area contributed by atoms with E-state index in [2.05, 4.69) is 17.0 Å². The molecule has 2 aromatic carbocycles. The van der Waals surface area contributed by atoms with Gasteiger partial charge in [0, 0.05) is 49.2 Å². The first-order valence-corrected chi connectivity index (χ1v) is 11.0. The number of benzene rings is 2. The van der Waals surface area contributed by atoms with Gasteiger partial charge in [0.25, 0.3) is 5.91 Å². The van der Waals surface area contributed by atoms with Crippen LogP contribution in [0.2, 0.25) is 0 Å². The highest BCUT2D eigenvalue weighted by molar-refractivity contribution is 5.84. The van der Waals surface area contributed by atoms with E-state index in [0.717, 1.165) is 59.8 Å². The highest BCUT2D eigenvalue weighted by atomic mass is 16.5. The lowest BCUT2D eigenvalue weighted by molar-refractivity contribution is -0.133. The number of aryl methyl sites for hydroxylation is 2. The van der Waals surface area contributed by atoms with Crippen LogP contribution < -0.4 is 14.4 Å². The van der Waals surface area contributed by atoms with E-state index in [1.807, 2.05) is 35.2 Å². The molecule has 0 radical (unpaired) electrons. The third-order valence-corrected chi connectivity index (χ3v) is 6.36. The van der Waals surface area contributed by atoms with Crippen molar-refractivity contribution in [3.8, 4) is 11.5 Å². The lowest BCUT2D eigenvalue weighted by Crippen LogP contribution is -2.50. The predicted octanol–water partition coefficient (Wildman–Crippen LogP) is 4.05. The fraction of sp³-hybridized carbons (Fsp3) is 0.400. The van der Waals surface area contributed by atoms with Crippen molar-refractivity contribution in [2.24, 2.45) is 0 Å². The zero-order valence-electron chi connectivity index (χ0n) is 17.9. The van der Waals surface area contributed by atoms with Crippen LogP contribution in [0.25, 0.3) is 11.0 Å². The lowest BCUT2D eigenvalue weighted by Gasteiger charge is -2.36. The molecular weight excluding hydrogens is 392 g/mol. The number of furan rings is 1. The SMILES string of the molecule is COc1ccc(N2CCN(C(=O)COc3ccc4oc5c(c4c3)CCCC5)CC2)cc1. The predicted molar refractivity (Wildman–Crippen MR) is 120 cm³/mol. The summed E-state index contributed by atoms with van der Waals surface area (Å²) in [5.74, 6) is 2.73. The van der Waals surface area contributed by atoms with Gasteiger partial charge in [-0.25, -0.2) is 0 Å². The summed E-state index contributed by atoms with van der Waals surface area (Å²) in [6.45, 7) is 3.08. The van der Waals surface area contributed by atoms with Gasteiger partial charge in [0.05, 0.1) is 7.11 Å². The molecule has 1 aromatic heterocycles. The number of hydrogen-bond donors (Lipinski definition) is 0. The molecule has 6 nitrogen and oxygen atoms in total. The molecule has 0 saturated carbocycles. The highest BCUT2D eigenvalue weighted by Crippen LogP contribution is 2.34. The maximum absolute atomic E-state index is 12.7. The Morgan fingerprint density at radius 1 is 0.968 bits per heavy atom. The van der Waals surface area contributed by atoms with Gasteiger partial charge in [-0.2, -0.15) is 0 Å². The number of fused-ring (bicyclic) bond motifs is 3. The number of nitrogens with zero attached hydrogens (tertiary/aromatic N) is 2. The Morgan fingerprint density at radius 3 is 2.48 bits per heavy atom. The van der Waals surface area contributed by atoms with Crippen molar-refractivity contribution in [2.45, 2.75) is 25.7 Å². The van der Waals surface area contributed by atoms with Crippen LogP contribution in [-0.4, -0.2) is 50.7 Å². The van der Waals surface area contributed by atoms with Gasteiger partial charge in [0.2, 0.25) is 0 Å². The second-order valence-electron chi connectivity index (χ2n) is 8.22. The Labute approximate surface area is 182 Å². The lowest BCUT2D eigenvalue weighted by atomic mass is 9.96. The maximum Gasteiger partial charge on any atom is 0.260 e. The molecule has 2 aliphatic rings. The smallest absolute Gasteiger partial charge is 0.260 e. The van der Waals surface area contributed by atoms with Gasteiger partial charge < -0.3 is 23.7 Å². The second-order valence-corrected chi connectivity index (χ2v) is 8.22. The Bertz CT molecular complexity index is 1070. The number of carbonyl (C=O) groups is 1. The maximum atomic E-state index is 12.7. The zero-order valence-corrected chi connectivity index (χ0v) is 17.9.